The van der Waals surface area contributed by atoms with Crippen molar-refractivity contribution in [2.45, 2.75) is 52.4 Å². The molecule has 1 nitrogen and oxygen atoms in total. The molecule has 0 fully saturated rings. The summed E-state index contributed by atoms with van der Waals surface area (Å²) in [5, 5.41) is 0. The van der Waals surface area contributed by atoms with Crippen LogP contribution in [0.5, 0.6) is 0 Å². The first-order chi connectivity index (χ1) is 10.2. The lowest BCUT2D eigenvalue weighted by atomic mass is 9.91. The Kier molecular flexibility index (Phi) is 5.86. The van der Waals surface area contributed by atoms with Crippen molar-refractivity contribution in [3.8, 4) is 11.1 Å². The fourth-order valence-corrected chi connectivity index (χ4v) is 2.94. The predicted molar refractivity (Wildman–Crippen MR) is 93.5 cm³/mol. The molecule has 21 heavy (non-hydrogen) atoms. The van der Waals surface area contributed by atoms with Crippen molar-refractivity contribution < 1.29 is 0 Å². The van der Waals surface area contributed by atoms with Crippen LogP contribution >= 0.6 is 0 Å². The third kappa shape index (κ3) is 4.10. The van der Waals surface area contributed by atoms with Gasteiger partial charge in [0.25, 0.3) is 0 Å². The molecule has 2 aromatic rings. The highest BCUT2D eigenvalue weighted by atomic mass is 14.6. The highest BCUT2D eigenvalue weighted by Gasteiger charge is 2.11. The van der Waals surface area contributed by atoms with Crippen molar-refractivity contribution in [2.24, 2.45) is 0 Å². The van der Waals surface area contributed by atoms with Crippen LogP contribution in [0, 0.1) is 6.92 Å². The van der Waals surface area contributed by atoms with E-state index in [0.717, 1.165) is 12.1 Å². The van der Waals surface area contributed by atoms with E-state index in [4.69, 9.17) is 5.73 Å². The molecule has 0 atom stereocenters. The van der Waals surface area contributed by atoms with E-state index in [2.05, 4.69) is 50.2 Å². The first-order valence-electron chi connectivity index (χ1n) is 8.17. The van der Waals surface area contributed by atoms with Crippen molar-refractivity contribution in [1.82, 2.24) is 0 Å². The lowest BCUT2D eigenvalue weighted by Crippen LogP contribution is -1.99. The molecule has 2 aromatic carbocycles. The molecule has 2 N–H and O–H groups in total. The van der Waals surface area contributed by atoms with Gasteiger partial charge in [-0.15, -0.1) is 0 Å². The summed E-state index contributed by atoms with van der Waals surface area (Å²) in [6.45, 7) is 4.46. The molecule has 0 saturated heterocycles. The second-order valence-corrected chi connectivity index (χ2v) is 5.86. The summed E-state index contributed by atoms with van der Waals surface area (Å²) in [5.74, 6) is 0. The Balaban J connectivity index is 2.21. The molecule has 0 aromatic heterocycles. The highest BCUT2D eigenvalue weighted by Crippen LogP contribution is 2.33. The molecule has 0 amide bonds. The quantitative estimate of drug-likeness (QED) is 0.507. The molecule has 0 unspecified atom stereocenters. The molecule has 0 radical (unpaired) electrons. The number of unbranched alkanes of at least 4 members (excludes halogenated alkanes) is 4. The molecule has 0 bridgehead atoms. The molecule has 0 aliphatic carbocycles. The number of anilines is 1. The van der Waals surface area contributed by atoms with Gasteiger partial charge in [0.05, 0.1) is 0 Å². The standard InChI is InChI=1S/C20H27N/c1-3-4-5-6-10-13-18-16(2)14-15-19(21)20(18)17-11-8-7-9-12-17/h7-9,11-12,14-15H,3-6,10,13,21H2,1-2H3. The average molecular weight is 281 g/mol. The lowest BCUT2D eigenvalue weighted by molar-refractivity contribution is 0.632. The number of rotatable bonds is 7. The maximum absolute atomic E-state index is 6.27. The van der Waals surface area contributed by atoms with Crippen LogP contribution in [0.1, 0.15) is 50.2 Å². The summed E-state index contributed by atoms with van der Waals surface area (Å²) in [5.41, 5.74) is 12.4. The molecular weight excluding hydrogens is 254 g/mol. The van der Waals surface area contributed by atoms with Gasteiger partial charge in [0.1, 0.15) is 0 Å². The summed E-state index contributed by atoms with van der Waals surface area (Å²) >= 11 is 0. The van der Waals surface area contributed by atoms with Crippen molar-refractivity contribution in [2.75, 3.05) is 5.73 Å². The van der Waals surface area contributed by atoms with Gasteiger partial charge in [-0.2, -0.15) is 0 Å². The van der Waals surface area contributed by atoms with Crippen molar-refractivity contribution >= 4 is 5.69 Å². The van der Waals surface area contributed by atoms with Gasteiger partial charge in [-0.3, -0.25) is 0 Å². The SMILES string of the molecule is CCCCCCCc1c(C)ccc(N)c1-c1ccccc1. The van der Waals surface area contributed by atoms with E-state index in [1.54, 1.807) is 0 Å². The fraction of sp³-hybridized carbons (Fsp3) is 0.400. The average Bonchev–Trinajstić information content (AvgIpc) is 2.51. The van der Waals surface area contributed by atoms with E-state index in [-0.39, 0.29) is 0 Å². The second-order valence-electron chi connectivity index (χ2n) is 5.86. The molecule has 0 spiro atoms. The molecule has 0 aliphatic rings. The van der Waals surface area contributed by atoms with Gasteiger partial charge in [0.2, 0.25) is 0 Å². The van der Waals surface area contributed by atoms with Gasteiger partial charge in [-0.05, 0) is 42.5 Å². The Hall–Kier alpha value is -1.76. The summed E-state index contributed by atoms with van der Waals surface area (Å²) in [6, 6.07) is 14.7. The maximum atomic E-state index is 6.27. The fourth-order valence-electron chi connectivity index (χ4n) is 2.94. The summed E-state index contributed by atoms with van der Waals surface area (Å²) in [6.07, 6.45) is 7.69. The Morgan fingerprint density at radius 1 is 0.857 bits per heavy atom. The van der Waals surface area contributed by atoms with E-state index >= 15 is 0 Å². The third-order valence-corrected chi connectivity index (χ3v) is 4.17. The molecule has 1 heteroatoms. The monoisotopic (exact) mass is 281 g/mol. The molecule has 0 saturated carbocycles. The number of hydrogen-bond donors (Lipinski definition) is 1. The zero-order valence-corrected chi connectivity index (χ0v) is 13.4. The topological polar surface area (TPSA) is 26.0 Å². The third-order valence-electron chi connectivity index (χ3n) is 4.17. The Morgan fingerprint density at radius 3 is 2.29 bits per heavy atom. The zero-order chi connectivity index (χ0) is 15.1. The van der Waals surface area contributed by atoms with Gasteiger partial charge >= 0.3 is 0 Å². The van der Waals surface area contributed by atoms with Crippen LogP contribution in [0.2, 0.25) is 0 Å². The van der Waals surface area contributed by atoms with E-state index < -0.39 is 0 Å². The minimum absolute atomic E-state index is 0.898. The van der Waals surface area contributed by atoms with E-state index in [0.29, 0.717) is 0 Å². The van der Waals surface area contributed by atoms with Crippen LogP contribution < -0.4 is 5.73 Å². The lowest BCUT2D eigenvalue weighted by Gasteiger charge is -2.16. The highest BCUT2D eigenvalue weighted by molar-refractivity contribution is 5.80. The van der Waals surface area contributed by atoms with E-state index in [1.165, 1.54) is 54.4 Å². The molecule has 112 valence electrons. The number of nitrogen functional groups attached to an aromatic ring is 1. The van der Waals surface area contributed by atoms with Gasteiger partial charge < -0.3 is 5.73 Å². The molecule has 0 heterocycles. The van der Waals surface area contributed by atoms with Crippen molar-refractivity contribution in [3.05, 3.63) is 53.6 Å². The largest absolute Gasteiger partial charge is 0.398 e. The predicted octanol–water partition coefficient (Wildman–Crippen LogP) is 5.76. The molecule has 0 aliphatic heterocycles. The minimum atomic E-state index is 0.898. The van der Waals surface area contributed by atoms with Crippen LogP contribution in [-0.4, -0.2) is 0 Å². The Morgan fingerprint density at radius 2 is 1.57 bits per heavy atom. The summed E-state index contributed by atoms with van der Waals surface area (Å²) < 4.78 is 0. The summed E-state index contributed by atoms with van der Waals surface area (Å²) in [4.78, 5) is 0. The van der Waals surface area contributed by atoms with Gasteiger partial charge in [0, 0.05) is 11.3 Å². The van der Waals surface area contributed by atoms with Gasteiger partial charge in [0.15, 0.2) is 0 Å². The van der Waals surface area contributed by atoms with E-state index in [1.807, 2.05) is 6.07 Å². The smallest absolute Gasteiger partial charge is 0.0396 e. The Labute approximate surface area is 129 Å². The van der Waals surface area contributed by atoms with Gasteiger partial charge in [-0.25, -0.2) is 0 Å². The number of nitrogens with two attached hydrogens (primary N) is 1. The second kappa shape index (κ2) is 7.87. The van der Waals surface area contributed by atoms with Gasteiger partial charge in [-0.1, -0.05) is 69.0 Å². The normalized spacial score (nSPS) is 10.8. The van der Waals surface area contributed by atoms with Crippen LogP contribution in [0.4, 0.5) is 5.69 Å². The zero-order valence-electron chi connectivity index (χ0n) is 13.4. The van der Waals surface area contributed by atoms with Crippen LogP contribution in [0.3, 0.4) is 0 Å². The number of benzene rings is 2. The minimum Gasteiger partial charge on any atom is -0.398 e. The number of hydrogen-bond acceptors (Lipinski definition) is 1. The number of aryl methyl sites for hydroxylation is 1. The molecule has 2 rings (SSSR count). The first kappa shape index (κ1) is 15.6. The Bertz CT molecular complexity index is 558. The maximum Gasteiger partial charge on any atom is 0.0396 e. The summed E-state index contributed by atoms with van der Waals surface area (Å²) in [7, 11) is 0. The molecular formula is C20H27N. The van der Waals surface area contributed by atoms with Crippen molar-refractivity contribution in [3.63, 3.8) is 0 Å². The van der Waals surface area contributed by atoms with Crippen LogP contribution in [-0.2, 0) is 6.42 Å². The van der Waals surface area contributed by atoms with Crippen LogP contribution in [0.15, 0.2) is 42.5 Å². The van der Waals surface area contributed by atoms with Crippen molar-refractivity contribution in [1.29, 1.82) is 0 Å². The van der Waals surface area contributed by atoms with Crippen LogP contribution in [0.25, 0.3) is 11.1 Å². The van der Waals surface area contributed by atoms with E-state index in [9.17, 15) is 0 Å². The first-order valence-corrected chi connectivity index (χ1v) is 8.17.